The molecule has 0 heterocycles. The van der Waals surface area contributed by atoms with Crippen LogP contribution in [0.2, 0.25) is 0 Å². The van der Waals surface area contributed by atoms with Crippen LogP contribution in [0.4, 0.5) is 0 Å². The lowest BCUT2D eigenvalue weighted by Gasteiger charge is -2.27. The van der Waals surface area contributed by atoms with Gasteiger partial charge in [0, 0.05) is 56.9 Å². The van der Waals surface area contributed by atoms with Crippen molar-refractivity contribution in [1.29, 1.82) is 0 Å². The molecule has 0 bridgehead atoms. The molecule has 0 rings (SSSR count). The Morgan fingerprint density at radius 1 is 0.476 bits per heavy atom. The van der Waals surface area contributed by atoms with Gasteiger partial charge in [-0.2, -0.15) is 0 Å². The number of nitrogens with two attached hydrogens (primary N) is 1. The Kier molecular flexibility index (Phi) is 73.1. The van der Waals surface area contributed by atoms with E-state index in [4.69, 9.17) is 24.7 Å². The highest BCUT2D eigenvalue weighted by atomic mass is 16.5. The van der Waals surface area contributed by atoms with Gasteiger partial charge in [-0.25, -0.2) is 0 Å². The van der Waals surface area contributed by atoms with E-state index in [0.29, 0.717) is 75.3 Å². The number of Topliss-reactive ketones (excluding diaryl/α,β-unsaturated/α-hetero) is 2. The zero-order valence-corrected chi connectivity index (χ0v) is 56.7. The second-order valence-electron chi connectivity index (χ2n) is 23.5. The van der Waals surface area contributed by atoms with Crippen molar-refractivity contribution in [1.82, 2.24) is 0 Å². The van der Waals surface area contributed by atoms with Crippen LogP contribution in [-0.2, 0) is 52.5 Å². The SMILES string of the molecule is C=C(CC(CC)COC(=O)CCCCCCCC)OCC(CC(CC)OC(=O)CC(CC)COC=O)C(C)C.CC(=O)OCCN.CCCCCCCCC.CCCCCCCCC(=O)C(C)C.CCCCCCCCC(=O)C(C)CC. The molecule has 0 aromatic heterocycles. The highest BCUT2D eigenvalue weighted by Crippen LogP contribution is 2.25. The molecule has 0 spiro atoms. The van der Waals surface area contributed by atoms with Crippen LogP contribution in [0.25, 0.3) is 0 Å². The summed E-state index contributed by atoms with van der Waals surface area (Å²) in [5, 5.41) is 0. The number of hydrogen-bond acceptors (Lipinski definition) is 12. The lowest BCUT2D eigenvalue weighted by Crippen LogP contribution is -2.27. The van der Waals surface area contributed by atoms with Gasteiger partial charge in [0.25, 0.3) is 6.47 Å². The maximum atomic E-state index is 12.5. The maximum absolute atomic E-state index is 12.5. The van der Waals surface area contributed by atoms with Crippen molar-refractivity contribution in [2.45, 2.75) is 335 Å². The Labute approximate surface area is 507 Å². The molecule has 82 heavy (non-hydrogen) atoms. The van der Waals surface area contributed by atoms with Crippen LogP contribution in [0.5, 0.6) is 0 Å². The zero-order chi connectivity index (χ0) is 63.0. The number of ether oxygens (including phenoxy) is 5. The molecule has 5 atom stereocenters. The fourth-order valence-corrected chi connectivity index (χ4v) is 8.55. The predicted octanol–water partition coefficient (Wildman–Crippen LogP) is 19.4. The summed E-state index contributed by atoms with van der Waals surface area (Å²) in [6, 6.07) is 0. The third-order valence-corrected chi connectivity index (χ3v) is 15.0. The van der Waals surface area contributed by atoms with Gasteiger partial charge in [-0.3, -0.25) is 28.8 Å². The molecule has 12 nitrogen and oxygen atoms in total. The molecule has 0 aromatic rings. The molecule has 2 N–H and O–H groups in total. The van der Waals surface area contributed by atoms with E-state index in [1.165, 1.54) is 142 Å². The van der Waals surface area contributed by atoms with Crippen molar-refractivity contribution in [2.75, 3.05) is 33.0 Å². The number of allylic oxidation sites excluding steroid dienone is 1. The minimum Gasteiger partial charge on any atom is -0.498 e. The molecule has 0 fully saturated rings. The molecule has 0 saturated heterocycles. The first kappa shape index (κ1) is 87.5. The van der Waals surface area contributed by atoms with Crippen LogP contribution in [0.3, 0.4) is 0 Å². The third kappa shape index (κ3) is 67.5. The highest BCUT2D eigenvalue weighted by molar-refractivity contribution is 5.80. The van der Waals surface area contributed by atoms with Gasteiger partial charge in [0.05, 0.1) is 32.0 Å². The van der Waals surface area contributed by atoms with Gasteiger partial charge in [-0.05, 0) is 69.1 Å². The minimum absolute atomic E-state index is 0.0332. The number of esters is 3. The van der Waals surface area contributed by atoms with Gasteiger partial charge >= 0.3 is 17.9 Å². The Morgan fingerprint density at radius 3 is 1.27 bits per heavy atom. The third-order valence-electron chi connectivity index (χ3n) is 15.0. The fourth-order valence-electron chi connectivity index (χ4n) is 8.55. The van der Waals surface area contributed by atoms with Gasteiger partial charge in [0.1, 0.15) is 24.3 Å². The summed E-state index contributed by atoms with van der Waals surface area (Å²) in [5.74, 6) is 2.16. The Morgan fingerprint density at radius 2 is 0.902 bits per heavy atom. The molecule has 12 heteroatoms. The van der Waals surface area contributed by atoms with Crippen LogP contribution >= 0.6 is 0 Å². The van der Waals surface area contributed by atoms with Crippen LogP contribution in [-0.4, -0.2) is 75.0 Å². The molecular formula is C70H137NO11. The Bertz CT molecular complexity index is 1430. The van der Waals surface area contributed by atoms with Gasteiger partial charge in [-0.15, -0.1) is 0 Å². The molecule has 0 aromatic carbocycles. The van der Waals surface area contributed by atoms with E-state index in [2.05, 4.69) is 73.6 Å². The molecule has 0 aliphatic heterocycles. The fraction of sp³-hybridized carbons (Fsp3) is 0.886. The average Bonchev–Trinajstić information content (AvgIpc) is 3.46. The number of unbranched alkanes of at least 4 members (excludes halogenated alkanes) is 21. The van der Waals surface area contributed by atoms with Crippen molar-refractivity contribution in [3.8, 4) is 0 Å². The first-order valence-corrected chi connectivity index (χ1v) is 33.9. The van der Waals surface area contributed by atoms with Gasteiger partial charge in [-0.1, -0.05) is 245 Å². The molecule has 0 aliphatic carbocycles. The Balaban J connectivity index is -0.000000369. The van der Waals surface area contributed by atoms with E-state index >= 15 is 0 Å². The summed E-state index contributed by atoms with van der Waals surface area (Å²) in [6.45, 7) is 37.4. The number of rotatable bonds is 51. The van der Waals surface area contributed by atoms with Crippen LogP contribution in [0, 0.1) is 35.5 Å². The van der Waals surface area contributed by atoms with E-state index in [0.717, 1.165) is 64.2 Å². The van der Waals surface area contributed by atoms with Gasteiger partial charge in [0.2, 0.25) is 0 Å². The first-order chi connectivity index (χ1) is 39.3. The number of carbonyl (C=O) groups is 6. The quantitative estimate of drug-likeness (QED) is 0.0201. The molecule has 5 unspecified atom stereocenters. The molecule has 488 valence electrons. The number of carbonyl (C=O) groups excluding carboxylic acids is 6. The Hall–Kier alpha value is -3.28. The summed E-state index contributed by atoms with van der Waals surface area (Å²) in [5.41, 5.74) is 5.00. The lowest BCUT2D eigenvalue weighted by atomic mass is 9.90. The van der Waals surface area contributed by atoms with E-state index in [1.807, 2.05) is 34.6 Å². The van der Waals surface area contributed by atoms with E-state index in [-0.39, 0.29) is 66.6 Å². The minimum atomic E-state index is -0.273. The molecule has 0 aliphatic rings. The van der Waals surface area contributed by atoms with E-state index in [9.17, 15) is 28.8 Å². The van der Waals surface area contributed by atoms with Crippen LogP contribution in [0.1, 0.15) is 329 Å². The number of ketones is 2. The second kappa shape index (κ2) is 68.5. The lowest BCUT2D eigenvalue weighted by molar-refractivity contribution is -0.153. The van der Waals surface area contributed by atoms with E-state index < -0.39 is 0 Å². The van der Waals surface area contributed by atoms with Gasteiger partial charge < -0.3 is 29.4 Å². The molecule has 0 amide bonds. The van der Waals surface area contributed by atoms with Crippen molar-refractivity contribution in [3.63, 3.8) is 0 Å². The topological polar surface area (TPSA) is 175 Å². The molecular weight excluding hydrogens is 1030 g/mol. The smallest absolute Gasteiger partial charge is 0.306 e. The van der Waals surface area contributed by atoms with Gasteiger partial charge in [0.15, 0.2) is 0 Å². The summed E-state index contributed by atoms with van der Waals surface area (Å²) in [7, 11) is 0. The van der Waals surface area contributed by atoms with Crippen LogP contribution < -0.4 is 5.73 Å². The maximum Gasteiger partial charge on any atom is 0.306 e. The molecule has 0 radical (unpaired) electrons. The van der Waals surface area contributed by atoms with Crippen LogP contribution in [0.15, 0.2) is 12.3 Å². The predicted molar refractivity (Wildman–Crippen MR) is 346 cm³/mol. The van der Waals surface area contributed by atoms with Crippen molar-refractivity contribution < 1.29 is 52.5 Å². The normalized spacial score (nSPS) is 12.5. The van der Waals surface area contributed by atoms with Crippen molar-refractivity contribution in [3.05, 3.63) is 12.3 Å². The monoisotopic (exact) mass is 1170 g/mol. The first-order valence-electron chi connectivity index (χ1n) is 33.9. The summed E-state index contributed by atoms with van der Waals surface area (Å²) >= 11 is 0. The summed E-state index contributed by atoms with van der Waals surface area (Å²) in [6.07, 6.45) is 39.0. The second-order valence-corrected chi connectivity index (χ2v) is 23.5. The van der Waals surface area contributed by atoms with Crippen molar-refractivity contribution >= 4 is 35.9 Å². The zero-order valence-electron chi connectivity index (χ0n) is 56.7. The standard InChI is InChI=1S/C32H58O7.C13H26O.C12H24O.C9H20.C4H9NO2/c1-8-12-13-14-15-16-17-31(34)38-22-27(9-2)18-26(7)37-23-29(25(5)6)20-30(11-4)39-32(35)19-28(10-3)21-36-24-33;1-4-6-7-8-9-10-11-13(14)12(3)5-2;1-4-5-6-7-8-9-10-12(13)11(2)3;1-3-5-7-9-8-6-4-2;1-4(6)7-3-2-5/h24-25,27-30H,7-23H2,1-6H3;12H,4-11H2,1-3H3;11H,4-10H2,1-3H3;3-9H2,1-2H3;2-3,5H2,1H3. The summed E-state index contributed by atoms with van der Waals surface area (Å²) in [4.78, 5) is 67.7. The number of hydrogen-bond donors (Lipinski definition) is 1. The average molecular weight is 1170 g/mol. The largest absolute Gasteiger partial charge is 0.498 e. The highest BCUT2D eigenvalue weighted by Gasteiger charge is 2.24. The van der Waals surface area contributed by atoms with Crippen molar-refractivity contribution in [2.24, 2.45) is 41.2 Å². The van der Waals surface area contributed by atoms with E-state index in [1.54, 1.807) is 0 Å². The molecule has 0 saturated carbocycles. The summed E-state index contributed by atoms with van der Waals surface area (Å²) < 4.78 is 26.6.